The van der Waals surface area contributed by atoms with Crippen molar-refractivity contribution in [2.75, 3.05) is 11.4 Å². The van der Waals surface area contributed by atoms with Crippen LogP contribution < -0.4 is 4.90 Å². The molecule has 2 aromatic rings. The lowest BCUT2D eigenvalue weighted by atomic mass is 10.1. The summed E-state index contributed by atoms with van der Waals surface area (Å²) in [5.74, 6) is 1.24. The molecule has 0 atom stereocenters. The van der Waals surface area contributed by atoms with Gasteiger partial charge in [-0.1, -0.05) is 32.0 Å². The van der Waals surface area contributed by atoms with E-state index in [0.29, 0.717) is 5.92 Å². The van der Waals surface area contributed by atoms with Crippen LogP contribution in [-0.2, 0) is 6.61 Å². The Balaban J connectivity index is 2.52. The normalized spacial score (nSPS) is 11.0. The van der Waals surface area contributed by atoms with E-state index in [9.17, 15) is 5.11 Å². The molecular weight excluding hydrogens is 260 g/mol. The zero-order valence-electron chi connectivity index (χ0n) is 13.3. The summed E-state index contributed by atoms with van der Waals surface area (Å²) >= 11 is 0. The summed E-state index contributed by atoms with van der Waals surface area (Å²) in [5, 5.41) is 9.50. The van der Waals surface area contributed by atoms with Gasteiger partial charge in [-0.25, -0.2) is 4.98 Å². The molecule has 0 amide bonds. The Bertz CT molecular complexity index is 608. The lowest BCUT2D eigenvalue weighted by Crippen LogP contribution is -2.19. The number of aromatic nitrogens is 1. The standard InChI is InChI=1S/C18H24N2O/c1-5-20(17-9-7-6-8-14(17)4)18-11-15(12-21)10-16(19-18)13(2)3/h6-11,13,21H,5,12H2,1-4H3. The molecule has 1 aromatic carbocycles. The number of aliphatic hydroxyl groups excluding tert-OH is 1. The zero-order chi connectivity index (χ0) is 15.4. The van der Waals surface area contributed by atoms with Gasteiger partial charge in [0, 0.05) is 17.9 Å². The van der Waals surface area contributed by atoms with E-state index in [4.69, 9.17) is 4.98 Å². The summed E-state index contributed by atoms with van der Waals surface area (Å²) in [6.45, 7) is 9.35. The van der Waals surface area contributed by atoms with Gasteiger partial charge in [0.1, 0.15) is 5.82 Å². The maximum absolute atomic E-state index is 9.50. The predicted octanol–water partition coefficient (Wildman–Crippen LogP) is 4.16. The molecule has 0 aliphatic carbocycles. The molecule has 21 heavy (non-hydrogen) atoms. The second kappa shape index (κ2) is 6.72. The SMILES string of the molecule is CCN(c1cc(CO)cc(C(C)C)n1)c1ccccc1C. The smallest absolute Gasteiger partial charge is 0.133 e. The highest BCUT2D eigenvalue weighted by atomic mass is 16.3. The fraction of sp³-hybridized carbons (Fsp3) is 0.389. The Hall–Kier alpha value is -1.87. The van der Waals surface area contributed by atoms with Crippen molar-refractivity contribution in [3.05, 3.63) is 53.2 Å². The molecule has 3 heteroatoms. The monoisotopic (exact) mass is 284 g/mol. The van der Waals surface area contributed by atoms with E-state index < -0.39 is 0 Å². The highest BCUT2D eigenvalue weighted by Gasteiger charge is 2.14. The highest BCUT2D eigenvalue weighted by molar-refractivity contribution is 5.64. The maximum atomic E-state index is 9.50. The second-order valence-corrected chi connectivity index (χ2v) is 5.60. The second-order valence-electron chi connectivity index (χ2n) is 5.60. The van der Waals surface area contributed by atoms with Crippen molar-refractivity contribution >= 4 is 11.5 Å². The molecule has 1 N–H and O–H groups in total. The van der Waals surface area contributed by atoms with Gasteiger partial charge in [0.2, 0.25) is 0 Å². The number of rotatable bonds is 5. The molecule has 112 valence electrons. The molecule has 1 heterocycles. The first kappa shape index (κ1) is 15.5. The Morgan fingerprint density at radius 2 is 1.90 bits per heavy atom. The lowest BCUT2D eigenvalue weighted by molar-refractivity contribution is 0.281. The van der Waals surface area contributed by atoms with Gasteiger partial charge in [-0.05, 0) is 49.1 Å². The fourth-order valence-electron chi connectivity index (χ4n) is 2.44. The van der Waals surface area contributed by atoms with Gasteiger partial charge in [0.15, 0.2) is 0 Å². The largest absolute Gasteiger partial charge is 0.392 e. The van der Waals surface area contributed by atoms with Crippen molar-refractivity contribution in [3.63, 3.8) is 0 Å². The summed E-state index contributed by atoms with van der Waals surface area (Å²) in [6.07, 6.45) is 0. The van der Waals surface area contributed by atoms with Crippen molar-refractivity contribution in [1.82, 2.24) is 4.98 Å². The van der Waals surface area contributed by atoms with Crippen LogP contribution in [0, 0.1) is 6.92 Å². The first-order valence-corrected chi connectivity index (χ1v) is 7.51. The topological polar surface area (TPSA) is 36.4 Å². The molecule has 0 saturated heterocycles. The van der Waals surface area contributed by atoms with E-state index in [2.05, 4.69) is 44.7 Å². The lowest BCUT2D eigenvalue weighted by Gasteiger charge is -2.25. The summed E-state index contributed by atoms with van der Waals surface area (Å²) in [7, 11) is 0. The van der Waals surface area contributed by atoms with Gasteiger partial charge >= 0.3 is 0 Å². The van der Waals surface area contributed by atoms with Crippen molar-refractivity contribution in [2.45, 2.75) is 40.2 Å². The average Bonchev–Trinajstić information content (AvgIpc) is 2.49. The van der Waals surface area contributed by atoms with E-state index >= 15 is 0 Å². The Kier molecular flexibility index (Phi) is 4.97. The van der Waals surface area contributed by atoms with Crippen LogP contribution in [0.1, 0.15) is 43.5 Å². The molecule has 0 radical (unpaired) electrons. The van der Waals surface area contributed by atoms with E-state index in [1.54, 1.807) is 0 Å². The first-order chi connectivity index (χ1) is 10.1. The molecule has 0 fully saturated rings. The molecule has 0 unspecified atom stereocenters. The zero-order valence-corrected chi connectivity index (χ0v) is 13.3. The third-order valence-electron chi connectivity index (χ3n) is 3.66. The molecule has 1 aromatic heterocycles. The summed E-state index contributed by atoms with van der Waals surface area (Å²) < 4.78 is 0. The number of anilines is 2. The molecule has 0 saturated carbocycles. The van der Waals surface area contributed by atoms with Gasteiger partial charge in [0.05, 0.1) is 6.61 Å². The molecule has 0 spiro atoms. The number of para-hydroxylation sites is 1. The van der Waals surface area contributed by atoms with Gasteiger partial charge in [-0.3, -0.25) is 0 Å². The minimum Gasteiger partial charge on any atom is -0.392 e. The fourth-order valence-corrected chi connectivity index (χ4v) is 2.44. The summed E-state index contributed by atoms with van der Waals surface area (Å²) in [5.41, 5.74) is 4.32. The Morgan fingerprint density at radius 3 is 2.48 bits per heavy atom. The number of pyridine rings is 1. The quantitative estimate of drug-likeness (QED) is 0.895. The summed E-state index contributed by atoms with van der Waals surface area (Å²) in [4.78, 5) is 6.98. The van der Waals surface area contributed by atoms with Crippen molar-refractivity contribution in [1.29, 1.82) is 0 Å². The van der Waals surface area contributed by atoms with Crippen LogP contribution in [0.4, 0.5) is 11.5 Å². The van der Waals surface area contributed by atoms with Crippen LogP contribution >= 0.6 is 0 Å². The van der Waals surface area contributed by atoms with Gasteiger partial charge in [-0.2, -0.15) is 0 Å². The van der Waals surface area contributed by atoms with Crippen LogP contribution in [0.25, 0.3) is 0 Å². The van der Waals surface area contributed by atoms with Crippen molar-refractivity contribution in [3.8, 4) is 0 Å². The third-order valence-corrected chi connectivity index (χ3v) is 3.66. The Morgan fingerprint density at radius 1 is 1.19 bits per heavy atom. The molecule has 0 bridgehead atoms. The minimum atomic E-state index is 0.0422. The van der Waals surface area contributed by atoms with E-state index in [-0.39, 0.29) is 6.61 Å². The van der Waals surface area contributed by atoms with Gasteiger partial charge in [-0.15, -0.1) is 0 Å². The molecule has 0 aliphatic heterocycles. The molecular formula is C18H24N2O. The number of benzene rings is 1. The highest BCUT2D eigenvalue weighted by Crippen LogP contribution is 2.28. The van der Waals surface area contributed by atoms with Crippen molar-refractivity contribution < 1.29 is 5.11 Å². The van der Waals surface area contributed by atoms with Crippen molar-refractivity contribution in [2.24, 2.45) is 0 Å². The Labute approximate surface area is 127 Å². The van der Waals surface area contributed by atoms with E-state index in [1.807, 2.05) is 24.3 Å². The van der Waals surface area contributed by atoms with E-state index in [1.165, 1.54) is 5.56 Å². The minimum absolute atomic E-state index is 0.0422. The van der Waals surface area contributed by atoms with Crippen LogP contribution in [0.15, 0.2) is 36.4 Å². The molecule has 3 nitrogen and oxygen atoms in total. The molecule has 0 aliphatic rings. The van der Waals surface area contributed by atoms with Crippen LogP contribution in [0.3, 0.4) is 0 Å². The number of nitrogens with zero attached hydrogens (tertiary/aromatic N) is 2. The number of aliphatic hydroxyl groups is 1. The van der Waals surface area contributed by atoms with Gasteiger partial charge < -0.3 is 10.0 Å². The first-order valence-electron chi connectivity index (χ1n) is 7.51. The van der Waals surface area contributed by atoms with Crippen LogP contribution in [0.2, 0.25) is 0 Å². The third kappa shape index (κ3) is 3.42. The number of aryl methyl sites for hydroxylation is 1. The van der Waals surface area contributed by atoms with E-state index in [0.717, 1.165) is 29.3 Å². The molecule has 2 rings (SSSR count). The summed E-state index contributed by atoms with van der Waals surface area (Å²) in [6, 6.07) is 12.3. The van der Waals surface area contributed by atoms with Gasteiger partial charge in [0.25, 0.3) is 0 Å². The maximum Gasteiger partial charge on any atom is 0.133 e. The predicted molar refractivity (Wildman–Crippen MR) is 88.1 cm³/mol. The van der Waals surface area contributed by atoms with Crippen LogP contribution in [-0.4, -0.2) is 16.6 Å². The number of hydrogen-bond acceptors (Lipinski definition) is 3. The average molecular weight is 284 g/mol. The van der Waals surface area contributed by atoms with Crippen LogP contribution in [0.5, 0.6) is 0 Å². The number of hydrogen-bond donors (Lipinski definition) is 1.